The Morgan fingerprint density at radius 1 is 1.13 bits per heavy atom. The first-order valence-corrected chi connectivity index (χ1v) is 5.76. The maximum atomic E-state index is 3.38. The number of rotatable bonds is 6. The fourth-order valence-corrected chi connectivity index (χ4v) is 1.79. The number of nitrogens with zero attached hydrogens (tertiary/aromatic N) is 1. The van der Waals surface area contributed by atoms with Crippen LogP contribution in [0.25, 0.3) is 0 Å². The lowest BCUT2D eigenvalue weighted by molar-refractivity contribution is 0.271. The molecule has 0 aliphatic rings. The van der Waals surface area contributed by atoms with Crippen LogP contribution in [0.4, 0.5) is 0 Å². The van der Waals surface area contributed by atoms with E-state index in [1.165, 1.54) is 5.56 Å². The first-order valence-electron chi connectivity index (χ1n) is 5.76. The van der Waals surface area contributed by atoms with Crippen molar-refractivity contribution in [2.45, 2.75) is 19.9 Å². The number of hydrogen-bond acceptors (Lipinski definition) is 2. The van der Waals surface area contributed by atoms with Crippen LogP contribution in [0.2, 0.25) is 0 Å². The molecule has 0 aliphatic carbocycles. The van der Waals surface area contributed by atoms with Gasteiger partial charge in [0.05, 0.1) is 0 Å². The standard InChI is InChI=1S/C13H22N2/c1-4-15(5-2)11-13(14-3)12-9-7-6-8-10-12/h6-10,13-14H,4-5,11H2,1-3H3. The zero-order chi connectivity index (χ0) is 11.1. The van der Waals surface area contributed by atoms with Crippen LogP contribution in [0.15, 0.2) is 30.3 Å². The van der Waals surface area contributed by atoms with Crippen LogP contribution in [0.5, 0.6) is 0 Å². The molecule has 1 unspecified atom stereocenters. The average molecular weight is 206 g/mol. The lowest BCUT2D eigenvalue weighted by Crippen LogP contribution is -2.33. The number of benzene rings is 1. The van der Waals surface area contributed by atoms with E-state index in [1.807, 2.05) is 7.05 Å². The molecule has 1 atom stereocenters. The molecule has 1 N–H and O–H groups in total. The van der Waals surface area contributed by atoms with Crippen molar-refractivity contribution in [3.05, 3.63) is 35.9 Å². The van der Waals surface area contributed by atoms with Crippen LogP contribution in [0.1, 0.15) is 25.5 Å². The van der Waals surface area contributed by atoms with Gasteiger partial charge in [0.25, 0.3) is 0 Å². The van der Waals surface area contributed by atoms with Gasteiger partial charge >= 0.3 is 0 Å². The molecule has 0 spiro atoms. The van der Waals surface area contributed by atoms with Crippen molar-refractivity contribution in [3.8, 4) is 0 Å². The molecular formula is C13H22N2. The monoisotopic (exact) mass is 206 g/mol. The summed E-state index contributed by atoms with van der Waals surface area (Å²) in [4.78, 5) is 2.44. The molecule has 2 nitrogen and oxygen atoms in total. The Morgan fingerprint density at radius 2 is 1.73 bits per heavy atom. The Morgan fingerprint density at radius 3 is 2.20 bits per heavy atom. The predicted molar refractivity (Wildman–Crippen MR) is 66.0 cm³/mol. The van der Waals surface area contributed by atoms with Crippen molar-refractivity contribution in [2.75, 3.05) is 26.7 Å². The lowest BCUT2D eigenvalue weighted by Gasteiger charge is -2.25. The molecule has 0 saturated carbocycles. The minimum absolute atomic E-state index is 0.436. The Hall–Kier alpha value is -0.860. The minimum Gasteiger partial charge on any atom is -0.312 e. The summed E-state index contributed by atoms with van der Waals surface area (Å²) in [6.45, 7) is 7.72. The number of nitrogens with one attached hydrogen (secondary N) is 1. The quantitative estimate of drug-likeness (QED) is 0.768. The molecule has 1 aromatic rings. The lowest BCUT2D eigenvalue weighted by atomic mass is 10.1. The van der Waals surface area contributed by atoms with Gasteiger partial charge in [-0.25, -0.2) is 0 Å². The fourth-order valence-electron chi connectivity index (χ4n) is 1.79. The summed E-state index contributed by atoms with van der Waals surface area (Å²) < 4.78 is 0. The van der Waals surface area contributed by atoms with Gasteiger partial charge in [-0.2, -0.15) is 0 Å². The summed E-state index contributed by atoms with van der Waals surface area (Å²) in [7, 11) is 2.03. The molecular weight excluding hydrogens is 184 g/mol. The molecule has 0 amide bonds. The van der Waals surface area contributed by atoms with E-state index in [4.69, 9.17) is 0 Å². The van der Waals surface area contributed by atoms with Crippen molar-refractivity contribution < 1.29 is 0 Å². The zero-order valence-corrected chi connectivity index (χ0v) is 10.0. The molecule has 15 heavy (non-hydrogen) atoms. The topological polar surface area (TPSA) is 15.3 Å². The van der Waals surface area contributed by atoms with Gasteiger partial charge in [-0.1, -0.05) is 44.2 Å². The summed E-state index contributed by atoms with van der Waals surface area (Å²) in [6, 6.07) is 11.1. The minimum atomic E-state index is 0.436. The predicted octanol–water partition coefficient (Wildman–Crippen LogP) is 2.29. The maximum Gasteiger partial charge on any atom is 0.0446 e. The molecule has 0 aromatic heterocycles. The van der Waals surface area contributed by atoms with E-state index in [9.17, 15) is 0 Å². The molecule has 2 heteroatoms. The van der Waals surface area contributed by atoms with Crippen LogP contribution < -0.4 is 5.32 Å². The first kappa shape index (κ1) is 12.2. The Labute approximate surface area is 93.3 Å². The third-order valence-electron chi connectivity index (χ3n) is 2.89. The van der Waals surface area contributed by atoms with Crippen LogP contribution in [-0.4, -0.2) is 31.6 Å². The molecule has 0 bridgehead atoms. The van der Waals surface area contributed by atoms with E-state index in [0.29, 0.717) is 6.04 Å². The molecule has 0 heterocycles. The van der Waals surface area contributed by atoms with Crippen LogP contribution in [0.3, 0.4) is 0 Å². The summed E-state index contributed by atoms with van der Waals surface area (Å²) >= 11 is 0. The SMILES string of the molecule is CCN(CC)CC(NC)c1ccccc1. The Kier molecular flexibility index (Phi) is 5.37. The summed E-state index contributed by atoms with van der Waals surface area (Å²) in [5, 5.41) is 3.38. The van der Waals surface area contributed by atoms with E-state index < -0.39 is 0 Å². The van der Waals surface area contributed by atoms with E-state index in [0.717, 1.165) is 19.6 Å². The van der Waals surface area contributed by atoms with Gasteiger partial charge in [0.15, 0.2) is 0 Å². The van der Waals surface area contributed by atoms with Gasteiger partial charge in [-0.3, -0.25) is 0 Å². The highest BCUT2D eigenvalue weighted by Gasteiger charge is 2.11. The van der Waals surface area contributed by atoms with Crippen molar-refractivity contribution >= 4 is 0 Å². The largest absolute Gasteiger partial charge is 0.312 e. The van der Waals surface area contributed by atoms with E-state index >= 15 is 0 Å². The summed E-state index contributed by atoms with van der Waals surface area (Å²) in [5.41, 5.74) is 1.37. The highest BCUT2D eigenvalue weighted by molar-refractivity contribution is 5.19. The smallest absolute Gasteiger partial charge is 0.0446 e. The summed E-state index contributed by atoms with van der Waals surface area (Å²) in [6.07, 6.45) is 0. The molecule has 0 saturated heterocycles. The highest BCUT2D eigenvalue weighted by Crippen LogP contribution is 2.13. The van der Waals surface area contributed by atoms with Gasteiger partial charge < -0.3 is 10.2 Å². The van der Waals surface area contributed by atoms with E-state index in [1.54, 1.807) is 0 Å². The third kappa shape index (κ3) is 3.65. The summed E-state index contributed by atoms with van der Waals surface area (Å²) in [5.74, 6) is 0. The number of likely N-dealkylation sites (N-methyl/N-ethyl adjacent to an activating group) is 2. The van der Waals surface area contributed by atoms with Gasteiger partial charge in [-0.15, -0.1) is 0 Å². The Bertz CT molecular complexity index is 254. The molecule has 0 radical (unpaired) electrons. The second-order valence-electron chi connectivity index (χ2n) is 3.74. The van der Waals surface area contributed by atoms with Crippen LogP contribution in [0, 0.1) is 0 Å². The number of hydrogen-bond donors (Lipinski definition) is 1. The third-order valence-corrected chi connectivity index (χ3v) is 2.89. The van der Waals surface area contributed by atoms with Gasteiger partial charge in [0, 0.05) is 12.6 Å². The molecule has 0 aliphatic heterocycles. The van der Waals surface area contributed by atoms with Crippen LogP contribution in [-0.2, 0) is 0 Å². The van der Waals surface area contributed by atoms with Crippen molar-refractivity contribution in [2.24, 2.45) is 0 Å². The first-order chi connectivity index (χ1) is 7.31. The van der Waals surface area contributed by atoms with Gasteiger partial charge in [0.1, 0.15) is 0 Å². The maximum absolute atomic E-state index is 3.38. The van der Waals surface area contributed by atoms with Crippen molar-refractivity contribution in [1.82, 2.24) is 10.2 Å². The van der Waals surface area contributed by atoms with Crippen molar-refractivity contribution in [1.29, 1.82) is 0 Å². The van der Waals surface area contributed by atoms with E-state index in [2.05, 4.69) is 54.4 Å². The molecule has 84 valence electrons. The van der Waals surface area contributed by atoms with E-state index in [-0.39, 0.29) is 0 Å². The van der Waals surface area contributed by atoms with Crippen molar-refractivity contribution in [3.63, 3.8) is 0 Å². The highest BCUT2D eigenvalue weighted by atomic mass is 15.1. The fraction of sp³-hybridized carbons (Fsp3) is 0.538. The second kappa shape index (κ2) is 6.59. The molecule has 1 aromatic carbocycles. The Balaban J connectivity index is 2.64. The average Bonchev–Trinajstić information content (AvgIpc) is 2.32. The van der Waals surface area contributed by atoms with Gasteiger partial charge in [0.2, 0.25) is 0 Å². The zero-order valence-electron chi connectivity index (χ0n) is 10.0. The van der Waals surface area contributed by atoms with Crippen LogP contribution >= 0.6 is 0 Å². The molecule has 1 rings (SSSR count). The van der Waals surface area contributed by atoms with Gasteiger partial charge in [-0.05, 0) is 25.7 Å². The normalized spacial score (nSPS) is 13.1. The molecule has 0 fully saturated rings. The second-order valence-corrected chi connectivity index (χ2v) is 3.74.